The van der Waals surface area contributed by atoms with Crippen LogP contribution in [0, 0.1) is 19.8 Å². The summed E-state index contributed by atoms with van der Waals surface area (Å²) in [5.41, 5.74) is 5.22. The second-order valence-electron chi connectivity index (χ2n) is 8.45. The van der Waals surface area contributed by atoms with E-state index in [4.69, 9.17) is 0 Å². The highest BCUT2D eigenvalue weighted by Crippen LogP contribution is 2.37. The minimum absolute atomic E-state index is 0.0272. The quantitative estimate of drug-likeness (QED) is 0.663. The average molecular weight is 400 g/mol. The lowest BCUT2D eigenvalue weighted by atomic mass is 9.82. The summed E-state index contributed by atoms with van der Waals surface area (Å²) in [6.07, 6.45) is 4.51. The van der Waals surface area contributed by atoms with E-state index in [0.717, 1.165) is 34.6 Å². The molecule has 30 heavy (non-hydrogen) atoms. The summed E-state index contributed by atoms with van der Waals surface area (Å²) in [5.74, 6) is 0.485. The number of amides is 1. The Morgan fingerprint density at radius 2 is 1.93 bits per heavy atom. The van der Waals surface area contributed by atoms with Crippen LogP contribution in [0.15, 0.2) is 53.6 Å². The molecular weight excluding hydrogens is 376 g/mol. The molecule has 2 atom stereocenters. The first-order valence-electron chi connectivity index (χ1n) is 10.4. The van der Waals surface area contributed by atoms with Gasteiger partial charge in [-0.25, -0.2) is 0 Å². The zero-order chi connectivity index (χ0) is 20.8. The minimum atomic E-state index is 0.0272. The number of pyridine rings is 3. The van der Waals surface area contributed by atoms with Crippen LogP contribution in [0.3, 0.4) is 0 Å². The van der Waals surface area contributed by atoms with Gasteiger partial charge in [-0.3, -0.25) is 19.6 Å². The van der Waals surface area contributed by atoms with Crippen LogP contribution in [0.2, 0.25) is 0 Å². The molecule has 6 nitrogen and oxygen atoms in total. The Hall–Kier alpha value is -3.28. The van der Waals surface area contributed by atoms with Gasteiger partial charge in [0, 0.05) is 61.0 Å². The number of hydrogen-bond acceptors (Lipinski definition) is 4. The topological polar surface area (TPSA) is 68.1 Å². The third-order valence-electron chi connectivity index (χ3n) is 6.29. The molecule has 0 aliphatic carbocycles. The first-order valence-corrected chi connectivity index (χ1v) is 10.4. The third-order valence-corrected chi connectivity index (χ3v) is 6.29. The molecule has 6 heteroatoms. The van der Waals surface area contributed by atoms with E-state index in [1.54, 1.807) is 18.5 Å². The molecule has 0 spiro atoms. The zero-order valence-electron chi connectivity index (χ0n) is 17.2. The van der Waals surface area contributed by atoms with Gasteiger partial charge in [-0.15, -0.1) is 0 Å². The summed E-state index contributed by atoms with van der Waals surface area (Å²) < 4.78 is 1.90. The van der Waals surface area contributed by atoms with Crippen molar-refractivity contribution in [2.24, 2.45) is 5.92 Å². The first kappa shape index (κ1) is 18.7. The maximum Gasteiger partial charge on any atom is 0.255 e. The van der Waals surface area contributed by atoms with E-state index >= 15 is 0 Å². The zero-order valence-corrected chi connectivity index (χ0v) is 17.2. The smallest absolute Gasteiger partial charge is 0.255 e. The van der Waals surface area contributed by atoms with Gasteiger partial charge in [0.05, 0.1) is 11.3 Å². The normalized spacial score (nSPS) is 20.0. The molecule has 2 bridgehead atoms. The molecule has 0 saturated carbocycles. The van der Waals surface area contributed by atoms with Gasteiger partial charge in [-0.2, -0.15) is 0 Å². The Kier molecular flexibility index (Phi) is 4.50. The number of fused-ring (bicyclic) bond motifs is 4. The number of rotatable bonds is 2. The molecule has 0 unspecified atom stereocenters. The summed E-state index contributed by atoms with van der Waals surface area (Å²) in [5, 5.41) is 0. The molecule has 2 aliphatic heterocycles. The Labute approximate surface area is 175 Å². The Bertz CT molecular complexity index is 1190. The van der Waals surface area contributed by atoms with E-state index in [-0.39, 0.29) is 17.4 Å². The average Bonchev–Trinajstić information content (AvgIpc) is 2.74. The van der Waals surface area contributed by atoms with Crippen molar-refractivity contribution in [2.45, 2.75) is 32.7 Å². The number of carbonyl (C=O) groups is 1. The second-order valence-corrected chi connectivity index (χ2v) is 8.45. The largest absolute Gasteiger partial charge is 0.338 e. The highest BCUT2D eigenvalue weighted by Gasteiger charge is 2.37. The van der Waals surface area contributed by atoms with E-state index in [0.29, 0.717) is 31.1 Å². The number of likely N-dealkylation sites (tertiary alicyclic amines) is 1. The fourth-order valence-corrected chi connectivity index (χ4v) is 4.91. The van der Waals surface area contributed by atoms with Crippen LogP contribution in [-0.4, -0.2) is 38.4 Å². The molecule has 1 amide bonds. The second kappa shape index (κ2) is 7.20. The van der Waals surface area contributed by atoms with E-state index in [1.165, 1.54) is 0 Å². The predicted octanol–water partition coefficient (Wildman–Crippen LogP) is 3.18. The lowest BCUT2D eigenvalue weighted by molar-refractivity contribution is 0.0593. The highest BCUT2D eigenvalue weighted by molar-refractivity contribution is 5.95. The van der Waals surface area contributed by atoms with Gasteiger partial charge in [0.25, 0.3) is 11.5 Å². The summed E-state index contributed by atoms with van der Waals surface area (Å²) >= 11 is 0. The summed E-state index contributed by atoms with van der Waals surface area (Å²) in [4.78, 5) is 36.7. The Morgan fingerprint density at radius 3 is 2.70 bits per heavy atom. The molecule has 2 aliphatic rings. The van der Waals surface area contributed by atoms with Crippen LogP contribution in [-0.2, 0) is 6.54 Å². The lowest BCUT2D eigenvalue weighted by Gasteiger charge is -2.43. The van der Waals surface area contributed by atoms with Gasteiger partial charge < -0.3 is 9.47 Å². The van der Waals surface area contributed by atoms with Crippen molar-refractivity contribution in [1.82, 2.24) is 19.4 Å². The third kappa shape index (κ3) is 3.22. The molecule has 5 heterocycles. The van der Waals surface area contributed by atoms with Crippen LogP contribution in [0.5, 0.6) is 0 Å². The molecule has 5 rings (SSSR count). The van der Waals surface area contributed by atoms with Crippen molar-refractivity contribution >= 4 is 5.91 Å². The molecule has 3 aromatic rings. The molecule has 3 aromatic heterocycles. The van der Waals surface area contributed by atoms with Crippen molar-refractivity contribution in [3.63, 3.8) is 0 Å². The van der Waals surface area contributed by atoms with Gasteiger partial charge in [-0.05, 0) is 56.0 Å². The van der Waals surface area contributed by atoms with E-state index in [1.807, 2.05) is 47.6 Å². The SMILES string of the molecule is Cc1ccc(C(=O)N2C[C@@H]3C[C@H](C2)c2cc(-c4cccnc4)cc(=O)n2C3)c(C)n1. The molecule has 1 saturated heterocycles. The van der Waals surface area contributed by atoms with Gasteiger partial charge in [0.15, 0.2) is 0 Å². The van der Waals surface area contributed by atoms with Crippen molar-refractivity contribution < 1.29 is 4.79 Å². The fourth-order valence-electron chi connectivity index (χ4n) is 4.91. The van der Waals surface area contributed by atoms with Crippen LogP contribution in [0.4, 0.5) is 0 Å². The summed E-state index contributed by atoms with van der Waals surface area (Å²) in [6.45, 7) is 5.78. The van der Waals surface area contributed by atoms with E-state index < -0.39 is 0 Å². The van der Waals surface area contributed by atoms with Crippen molar-refractivity contribution in [1.29, 1.82) is 0 Å². The lowest BCUT2D eigenvalue weighted by Crippen LogP contribution is -2.49. The molecule has 0 N–H and O–H groups in total. The van der Waals surface area contributed by atoms with E-state index in [2.05, 4.69) is 16.0 Å². The van der Waals surface area contributed by atoms with Crippen LogP contribution >= 0.6 is 0 Å². The number of aromatic nitrogens is 3. The number of piperidine rings is 1. The Balaban J connectivity index is 1.49. The van der Waals surface area contributed by atoms with Gasteiger partial charge >= 0.3 is 0 Å². The summed E-state index contributed by atoms with van der Waals surface area (Å²) in [6, 6.07) is 11.4. The number of nitrogens with zero attached hydrogens (tertiary/aromatic N) is 4. The number of hydrogen-bond donors (Lipinski definition) is 0. The van der Waals surface area contributed by atoms with Gasteiger partial charge in [-0.1, -0.05) is 6.07 Å². The molecule has 0 radical (unpaired) electrons. The standard InChI is InChI=1S/C24H24N4O2/c1-15-5-6-21(16(2)26-15)24(30)27-12-17-8-20(14-27)22-9-19(10-23(29)28(22)13-17)18-4-3-7-25-11-18/h3-7,9-11,17,20H,8,12-14H2,1-2H3/t17-,20+/m0/s1. The minimum Gasteiger partial charge on any atom is -0.338 e. The molecule has 1 fully saturated rings. The van der Waals surface area contributed by atoms with Crippen molar-refractivity contribution in [3.05, 3.63) is 81.8 Å². The van der Waals surface area contributed by atoms with Crippen LogP contribution in [0.1, 0.15) is 39.8 Å². The van der Waals surface area contributed by atoms with Crippen LogP contribution in [0.25, 0.3) is 11.1 Å². The monoisotopic (exact) mass is 400 g/mol. The number of carbonyl (C=O) groups excluding carboxylic acids is 1. The molecular formula is C24H24N4O2. The first-order chi connectivity index (χ1) is 14.5. The highest BCUT2D eigenvalue weighted by atomic mass is 16.2. The van der Waals surface area contributed by atoms with Crippen molar-refractivity contribution in [2.75, 3.05) is 13.1 Å². The Morgan fingerprint density at radius 1 is 1.07 bits per heavy atom. The van der Waals surface area contributed by atoms with Crippen molar-refractivity contribution in [3.8, 4) is 11.1 Å². The maximum atomic E-state index is 13.2. The maximum absolute atomic E-state index is 13.2. The van der Waals surface area contributed by atoms with Gasteiger partial charge in [0.1, 0.15) is 0 Å². The number of aryl methyl sites for hydroxylation is 2. The van der Waals surface area contributed by atoms with E-state index in [9.17, 15) is 9.59 Å². The van der Waals surface area contributed by atoms with Gasteiger partial charge in [0.2, 0.25) is 0 Å². The fraction of sp³-hybridized carbons (Fsp3) is 0.333. The predicted molar refractivity (Wildman–Crippen MR) is 114 cm³/mol. The summed E-state index contributed by atoms with van der Waals surface area (Å²) in [7, 11) is 0. The molecule has 0 aromatic carbocycles. The molecule has 152 valence electrons. The van der Waals surface area contributed by atoms with Crippen LogP contribution < -0.4 is 5.56 Å².